The number of hydrogen-bond donors (Lipinski definition) is 2. The van der Waals surface area contributed by atoms with E-state index in [0.29, 0.717) is 12.0 Å². The first-order chi connectivity index (χ1) is 11.2. The molecule has 1 saturated heterocycles. The average Bonchev–Trinajstić information content (AvgIpc) is 2.48. The van der Waals surface area contributed by atoms with Crippen LogP contribution in [0.2, 0.25) is 0 Å². The molecule has 0 aromatic carbocycles. The first-order valence-electron chi connectivity index (χ1n) is 8.80. The Morgan fingerprint density at radius 3 is 2.46 bits per heavy atom. The van der Waals surface area contributed by atoms with Crippen molar-refractivity contribution in [3.63, 3.8) is 0 Å². The standard InChI is InChI=1S/C17H34N4O2S/c1-6-11-21-12-8-15(9-13-21)20-16(18-7-2)19-10-14-24(22,23)17(3,4)5/h6,15H,1,7-14H2,2-5H3,(H2,18,19,20). The Morgan fingerprint density at radius 2 is 1.96 bits per heavy atom. The van der Waals surface area contributed by atoms with E-state index in [4.69, 9.17) is 0 Å². The predicted octanol–water partition coefficient (Wildman–Crippen LogP) is 1.41. The first kappa shape index (κ1) is 21.0. The third kappa shape index (κ3) is 6.81. The van der Waals surface area contributed by atoms with Crippen molar-refractivity contribution in [1.29, 1.82) is 0 Å². The summed E-state index contributed by atoms with van der Waals surface area (Å²) in [7, 11) is -3.13. The molecule has 1 aliphatic heterocycles. The molecular weight excluding hydrogens is 324 g/mol. The van der Waals surface area contributed by atoms with Gasteiger partial charge in [0.1, 0.15) is 0 Å². The van der Waals surface area contributed by atoms with Gasteiger partial charge in [-0.1, -0.05) is 6.08 Å². The second-order valence-electron chi connectivity index (χ2n) is 7.20. The second-order valence-corrected chi connectivity index (χ2v) is 10.1. The van der Waals surface area contributed by atoms with Gasteiger partial charge < -0.3 is 10.6 Å². The topological polar surface area (TPSA) is 73.8 Å². The molecule has 0 spiro atoms. The van der Waals surface area contributed by atoms with Crippen LogP contribution in [0.25, 0.3) is 0 Å². The Labute approximate surface area is 147 Å². The zero-order chi connectivity index (χ0) is 18.2. The summed E-state index contributed by atoms with van der Waals surface area (Å²) in [5, 5.41) is 6.64. The zero-order valence-electron chi connectivity index (χ0n) is 15.6. The molecule has 0 aliphatic carbocycles. The van der Waals surface area contributed by atoms with Crippen LogP contribution in [0.3, 0.4) is 0 Å². The number of piperidine rings is 1. The van der Waals surface area contributed by atoms with E-state index in [1.54, 1.807) is 20.8 Å². The number of aliphatic imine (C=N–C) groups is 1. The van der Waals surface area contributed by atoms with Gasteiger partial charge in [0.25, 0.3) is 0 Å². The zero-order valence-corrected chi connectivity index (χ0v) is 16.5. The molecule has 7 heteroatoms. The van der Waals surface area contributed by atoms with Crippen molar-refractivity contribution >= 4 is 15.8 Å². The number of nitrogens with zero attached hydrogens (tertiary/aromatic N) is 2. The van der Waals surface area contributed by atoms with Gasteiger partial charge in [0.15, 0.2) is 15.8 Å². The summed E-state index contributed by atoms with van der Waals surface area (Å²) in [5.74, 6) is 0.786. The van der Waals surface area contributed by atoms with E-state index in [1.165, 1.54) is 0 Å². The van der Waals surface area contributed by atoms with Crippen molar-refractivity contribution in [1.82, 2.24) is 15.5 Å². The molecule has 2 N–H and O–H groups in total. The highest BCUT2D eigenvalue weighted by Gasteiger charge is 2.28. The molecule has 0 amide bonds. The Morgan fingerprint density at radius 1 is 1.33 bits per heavy atom. The van der Waals surface area contributed by atoms with Gasteiger partial charge in [-0.05, 0) is 40.5 Å². The summed E-state index contributed by atoms with van der Waals surface area (Å²) in [6.07, 6.45) is 4.05. The Balaban J connectivity index is 2.53. The highest BCUT2D eigenvalue weighted by atomic mass is 32.2. The van der Waals surface area contributed by atoms with Crippen LogP contribution in [0, 0.1) is 0 Å². The van der Waals surface area contributed by atoms with E-state index in [-0.39, 0.29) is 12.3 Å². The molecule has 1 aliphatic rings. The molecule has 140 valence electrons. The number of nitrogens with one attached hydrogen (secondary N) is 2. The normalized spacial score (nSPS) is 18.4. The molecule has 1 heterocycles. The molecule has 0 aromatic heterocycles. The van der Waals surface area contributed by atoms with Gasteiger partial charge in [-0.25, -0.2) is 8.42 Å². The molecule has 0 radical (unpaired) electrons. The van der Waals surface area contributed by atoms with Gasteiger partial charge in [0.05, 0.1) is 17.0 Å². The lowest BCUT2D eigenvalue weighted by atomic mass is 10.1. The average molecular weight is 359 g/mol. The number of rotatable bonds is 7. The predicted molar refractivity (Wildman–Crippen MR) is 102 cm³/mol. The maximum atomic E-state index is 12.2. The van der Waals surface area contributed by atoms with Crippen LogP contribution in [0.1, 0.15) is 40.5 Å². The van der Waals surface area contributed by atoms with Crippen LogP contribution < -0.4 is 10.6 Å². The van der Waals surface area contributed by atoms with E-state index in [9.17, 15) is 8.42 Å². The molecule has 0 aromatic rings. The number of guanidine groups is 1. The molecule has 1 rings (SSSR count). The number of likely N-dealkylation sites (tertiary alicyclic amines) is 1. The van der Waals surface area contributed by atoms with Crippen molar-refractivity contribution in [3.8, 4) is 0 Å². The van der Waals surface area contributed by atoms with Crippen molar-refractivity contribution in [2.45, 2.75) is 51.3 Å². The highest BCUT2D eigenvalue weighted by Crippen LogP contribution is 2.15. The lowest BCUT2D eigenvalue weighted by Gasteiger charge is -2.32. The summed E-state index contributed by atoms with van der Waals surface area (Å²) in [6.45, 7) is 15.0. The van der Waals surface area contributed by atoms with Crippen LogP contribution in [0.15, 0.2) is 17.6 Å². The largest absolute Gasteiger partial charge is 0.357 e. The molecular formula is C17H34N4O2S. The highest BCUT2D eigenvalue weighted by molar-refractivity contribution is 7.92. The second kappa shape index (κ2) is 9.42. The molecule has 0 unspecified atom stereocenters. The summed E-state index contributed by atoms with van der Waals surface area (Å²) in [6, 6.07) is 0.378. The minimum Gasteiger partial charge on any atom is -0.357 e. The summed E-state index contributed by atoms with van der Waals surface area (Å²) < 4.78 is 23.6. The van der Waals surface area contributed by atoms with Gasteiger partial charge in [-0.3, -0.25) is 9.89 Å². The van der Waals surface area contributed by atoms with Crippen LogP contribution in [0.4, 0.5) is 0 Å². The Hall–Kier alpha value is -1.08. The maximum Gasteiger partial charge on any atom is 0.191 e. The Kier molecular flexibility index (Phi) is 8.22. The fourth-order valence-corrected chi connectivity index (χ4v) is 3.48. The third-order valence-electron chi connectivity index (χ3n) is 4.22. The van der Waals surface area contributed by atoms with E-state index in [1.807, 2.05) is 13.0 Å². The lowest BCUT2D eigenvalue weighted by molar-refractivity contribution is 0.225. The fourth-order valence-electron chi connectivity index (χ4n) is 2.54. The van der Waals surface area contributed by atoms with Crippen molar-refractivity contribution < 1.29 is 8.42 Å². The number of sulfone groups is 1. The van der Waals surface area contributed by atoms with E-state index in [0.717, 1.165) is 39.0 Å². The summed E-state index contributed by atoms with van der Waals surface area (Å²) in [4.78, 5) is 6.83. The lowest BCUT2D eigenvalue weighted by Crippen LogP contribution is -2.48. The van der Waals surface area contributed by atoms with Gasteiger partial charge in [-0.15, -0.1) is 6.58 Å². The molecule has 0 bridgehead atoms. The van der Waals surface area contributed by atoms with Gasteiger partial charge in [0.2, 0.25) is 0 Å². The van der Waals surface area contributed by atoms with E-state index in [2.05, 4.69) is 27.1 Å². The minimum absolute atomic E-state index is 0.0743. The maximum absolute atomic E-state index is 12.2. The van der Waals surface area contributed by atoms with Crippen molar-refractivity contribution in [3.05, 3.63) is 12.7 Å². The molecule has 24 heavy (non-hydrogen) atoms. The molecule has 1 fully saturated rings. The first-order valence-corrected chi connectivity index (χ1v) is 10.4. The Bertz CT molecular complexity index is 515. The van der Waals surface area contributed by atoms with Crippen LogP contribution in [-0.2, 0) is 9.84 Å². The quantitative estimate of drug-likeness (QED) is 0.409. The fraction of sp³-hybridized carbons (Fsp3) is 0.824. The van der Waals surface area contributed by atoms with Crippen LogP contribution >= 0.6 is 0 Å². The summed E-state index contributed by atoms with van der Waals surface area (Å²) in [5.41, 5.74) is 0. The van der Waals surface area contributed by atoms with E-state index >= 15 is 0 Å². The third-order valence-corrected chi connectivity index (χ3v) is 6.81. The molecule has 0 saturated carbocycles. The van der Waals surface area contributed by atoms with Gasteiger partial charge >= 0.3 is 0 Å². The molecule has 0 atom stereocenters. The van der Waals surface area contributed by atoms with Crippen LogP contribution in [-0.4, -0.2) is 68.5 Å². The summed E-state index contributed by atoms with van der Waals surface area (Å²) >= 11 is 0. The smallest absolute Gasteiger partial charge is 0.191 e. The van der Waals surface area contributed by atoms with Gasteiger partial charge in [0, 0.05) is 32.2 Å². The SMILES string of the molecule is C=CCN1CCC(NC(=NCCS(=O)(=O)C(C)(C)C)NCC)CC1. The number of hydrogen-bond acceptors (Lipinski definition) is 4. The van der Waals surface area contributed by atoms with Gasteiger partial charge in [-0.2, -0.15) is 0 Å². The monoisotopic (exact) mass is 358 g/mol. The van der Waals surface area contributed by atoms with Crippen molar-refractivity contribution in [2.75, 3.05) is 38.5 Å². The van der Waals surface area contributed by atoms with E-state index < -0.39 is 14.6 Å². The van der Waals surface area contributed by atoms with Crippen LogP contribution in [0.5, 0.6) is 0 Å². The molecule has 6 nitrogen and oxygen atoms in total. The minimum atomic E-state index is -3.13. The van der Waals surface area contributed by atoms with Crippen molar-refractivity contribution in [2.24, 2.45) is 4.99 Å².